The van der Waals surface area contributed by atoms with Gasteiger partial charge in [0.1, 0.15) is 0 Å². The summed E-state index contributed by atoms with van der Waals surface area (Å²) < 4.78 is 16.3. The summed E-state index contributed by atoms with van der Waals surface area (Å²) in [5.41, 5.74) is 0.972. The van der Waals surface area contributed by atoms with Gasteiger partial charge in [-0.1, -0.05) is 0 Å². The van der Waals surface area contributed by atoms with Crippen molar-refractivity contribution in [1.82, 2.24) is 10.2 Å². The molecule has 1 fully saturated rings. The van der Waals surface area contributed by atoms with E-state index in [0.717, 1.165) is 31.2 Å². The topological polar surface area (TPSA) is 55.3 Å². The fraction of sp³-hybridized carbons (Fsp3) is 0.588. The predicted octanol–water partition coefficient (Wildman–Crippen LogP) is 2.27. The normalized spacial score (nSPS) is 14.8. The highest BCUT2D eigenvalue weighted by molar-refractivity contribution is 5.80. The van der Waals surface area contributed by atoms with Crippen molar-refractivity contribution in [3.8, 4) is 17.2 Å². The smallest absolute Gasteiger partial charge is 0.203 e. The van der Waals surface area contributed by atoms with Crippen molar-refractivity contribution >= 4 is 5.96 Å². The zero-order chi connectivity index (χ0) is 16.7. The number of benzene rings is 1. The Kier molecular flexibility index (Phi) is 6.38. The van der Waals surface area contributed by atoms with Crippen molar-refractivity contribution in [2.24, 2.45) is 4.99 Å². The fourth-order valence-corrected chi connectivity index (χ4v) is 2.80. The molecule has 0 atom stereocenters. The van der Waals surface area contributed by atoms with Crippen LogP contribution in [0.2, 0.25) is 0 Å². The highest BCUT2D eigenvalue weighted by Gasteiger charge is 2.18. The Morgan fingerprint density at radius 3 is 2.35 bits per heavy atom. The highest BCUT2D eigenvalue weighted by Crippen LogP contribution is 2.39. The Bertz CT molecular complexity index is 540. The van der Waals surface area contributed by atoms with E-state index in [4.69, 9.17) is 19.2 Å². The van der Waals surface area contributed by atoms with Gasteiger partial charge < -0.3 is 24.4 Å². The second kappa shape index (κ2) is 8.50. The summed E-state index contributed by atoms with van der Waals surface area (Å²) in [4.78, 5) is 7.06. The molecule has 23 heavy (non-hydrogen) atoms. The molecule has 0 amide bonds. The van der Waals surface area contributed by atoms with Crippen molar-refractivity contribution in [3.63, 3.8) is 0 Å². The third-order valence-electron chi connectivity index (χ3n) is 3.93. The quantitative estimate of drug-likeness (QED) is 0.643. The van der Waals surface area contributed by atoms with Crippen LogP contribution in [0.15, 0.2) is 17.1 Å². The minimum atomic E-state index is 0.530. The van der Waals surface area contributed by atoms with Crippen LogP contribution in [0.4, 0.5) is 0 Å². The zero-order valence-electron chi connectivity index (χ0n) is 14.5. The van der Waals surface area contributed by atoms with Gasteiger partial charge in [-0.3, -0.25) is 0 Å². The van der Waals surface area contributed by atoms with E-state index in [0.29, 0.717) is 23.8 Å². The molecule has 1 aromatic rings. The van der Waals surface area contributed by atoms with Gasteiger partial charge >= 0.3 is 0 Å². The lowest BCUT2D eigenvalue weighted by atomic mass is 10.1. The second-order valence-electron chi connectivity index (χ2n) is 5.36. The summed E-state index contributed by atoms with van der Waals surface area (Å²) in [6.07, 6.45) is 2.45. The van der Waals surface area contributed by atoms with E-state index in [1.54, 1.807) is 21.3 Å². The molecule has 1 aliphatic rings. The summed E-state index contributed by atoms with van der Waals surface area (Å²) >= 11 is 0. The van der Waals surface area contributed by atoms with Crippen molar-refractivity contribution < 1.29 is 14.2 Å². The Balaban J connectivity index is 2.25. The number of hydrogen-bond donors (Lipinski definition) is 1. The van der Waals surface area contributed by atoms with E-state index < -0.39 is 0 Å². The molecule has 1 aromatic carbocycles. The number of methoxy groups -OCH3 is 3. The van der Waals surface area contributed by atoms with Crippen molar-refractivity contribution in [1.29, 1.82) is 0 Å². The maximum Gasteiger partial charge on any atom is 0.203 e. The predicted molar refractivity (Wildman–Crippen MR) is 91.7 cm³/mol. The van der Waals surface area contributed by atoms with Crippen molar-refractivity contribution in [2.45, 2.75) is 26.3 Å². The molecular formula is C17H27N3O3. The third-order valence-corrected chi connectivity index (χ3v) is 3.93. The Hall–Kier alpha value is -2.11. The molecule has 0 bridgehead atoms. The molecule has 1 saturated heterocycles. The number of likely N-dealkylation sites (tertiary alicyclic amines) is 1. The standard InChI is InChI=1S/C17H27N3O3/c1-5-18-17(20-10-6-7-11-20)19-12-13-8-9-14(21-2)16(23-4)15(13)22-3/h8-9H,5-7,10-12H2,1-4H3,(H,18,19). The summed E-state index contributed by atoms with van der Waals surface area (Å²) in [6.45, 7) is 5.60. The van der Waals surface area contributed by atoms with Gasteiger partial charge in [0.05, 0.1) is 27.9 Å². The van der Waals surface area contributed by atoms with Crippen molar-refractivity contribution in [2.75, 3.05) is 41.0 Å². The summed E-state index contributed by atoms with van der Waals surface area (Å²) in [6, 6.07) is 3.85. The van der Waals surface area contributed by atoms with E-state index in [9.17, 15) is 0 Å². The molecule has 0 radical (unpaired) electrons. The molecule has 0 unspecified atom stereocenters. The maximum absolute atomic E-state index is 5.52. The van der Waals surface area contributed by atoms with Crippen LogP contribution in [0.25, 0.3) is 0 Å². The van der Waals surface area contributed by atoms with Crippen LogP contribution in [0.1, 0.15) is 25.3 Å². The van der Waals surface area contributed by atoms with E-state index in [2.05, 4.69) is 17.1 Å². The van der Waals surface area contributed by atoms with E-state index in [-0.39, 0.29) is 0 Å². The van der Waals surface area contributed by atoms with Crippen LogP contribution >= 0.6 is 0 Å². The van der Waals surface area contributed by atoms with Crippen LogP contribution < -0.4 is 19.5 Å². The lowest BCUT2D eigenvalue weighted by Crippen LogP contribution is -2.39. The first-order valence-corrected chi connectivity index (χ1v) is 8.06. The molecule has 0 saturated carbocycles. The molecule has 6 heteroatoms. The van der Waals surface area contributed by atoms with E-state index in [1.807, 2.05) is 12.1 Å². The molecule has 1 aliphatic heterocycles. The Labute approximate surface area is 138 Å². The maximum atomic E-state index is 5.52. The number of guanidine groups is 1. The average Bonchev–Trinajstić information content (AvgIpc) is 3.11. The third kappa shape index (κ3) is 4.00. The van der Waals surface area contributed by atoms with Crippen LogP contribution in [0.3, 0.4) is 0 Å². The minimum absolute atomic E-state index is 0.530. The molecule has 0 aromatic heterocycles. The van der Waals surface area contributed by atoms with Gasteiger partial charge in [-0.05, 0) is 31.9 Å². The summed E-state index contributed by atoms with van der Waals surface area (Å²) in [7, 11) is 4.86. The average molecular weight is 321 g/mol. The molecule has 1 N–H and O–H groups in total. The molecule has 6 nitrogen and oxygen atoms in total. The number of rotatable bonds is 6. The van der Waals surface area contributed by atoms with Gasteiger partial charge in [0.25, 0.3) is 0 Å². The van der Waals surface area contributed by atoms with E-state index in [1.165, 1.54) is 12.8 Å². The molecule has 128 valence electrons. The number of hydrogen-bond acceptors (Lipinski definition) is 4. The van der Waals surface area contributed by atoms with E-state index >= 15 is 0 Å². The van der Waals surface area contributed by atoms with Gasteiger partial charge in [0.15, 0.2) is 17.5 Å². The lowest BCUT2D eigenvalue weighted by molar-refractivity contribution is 0.322. The zero-order valence-corrected chi connectivity index (χ0v) is 14.5. The summed E-state index contributed by atoms with van der Waals surface area (Å²) in [5.74, 6) is 2.90. The first-order chi connectivity index (χ1) is 11.2. The molecule has 0 spiro atoms. The molecule has 1 heterocycles. The molecule has 0 aliphatic carbocycles. The summed E-state index contributed by atoms with van der Waals surface area (Å²) in [5, 5.41) is 3.36. The minimum Gasteiger partial charge on any atom is -0.493 e. The van der Waals surface area contributed by atoms with Gasteiger partial charge in [0.2, 0.25) is 5.75 Å². The SMILES string of the molecule is CCNC(=NCc1ccc(OC)c(OC)c1OC)N1CCCC1. The first kappa shape index (κ1) is 17.2. The van der Waals surface area contributed by atoms with Gasteiger partial charge in [-0.2, -0.15) is 0 Å². The number of ether oxygens (including phenoxy) is 3. The van der Waals surface area contributed by atoms with Crippen molar-refractivity contribution in [3.05, 3.63) is 17.7 Å². The fourth-order valence-electron chi connectivity index (χ4n) is 2.80. The number of nitrogens with zero attached hydrogens (tertiary/aromatic N) is 2. The lowest BCUT2D eigenvalue weighted by Gasteiger charge is -2.21. The highest BCUT2D eigenvalue weighted by atomic mass is 16.5. The Morgan fingerprint density at radius 1 is 1.09 bits per heavy atom. The number of aliphatic imine (C=N–C) groups is 1. The molecule has 2 rings (SSSR count). The second-order valence-corrected chi connectivity index (χ2v) is 5.36. The number of nitrogens with one attached hydrogen (secondary N) is 1. The molecular weight excluding hydrogens is 294 g/mol. The first-order valence-electron chi connectivity index (χ1n) is 8.06. The Morgan fingerprint density at radius 2 is 1.78 bits per heavy atom. The largest absolute Gasteiger partial charge is 0.493 e. The monoisotopic (exact) mass is 321 g/mol. The van der Waals surface area contributed by atoms with Crippen LogP contribution in [-0.2, 0) is 6.54 Å². The van der Waals surface area contributed by atoms with Gasteiger partial charge in [-0.25, -0.2) is 4.99 Å². The van der Waals surface area contributed by atoms with Gasteiger partial charge in [0, 0.05) is 25.2 Å². The van der Waals surface area contributed by atoms with Gasteiger partial charge in [-0.15, -0.1) is 0 Å². The van der Waals surface area contributed by atoms with Crippen LogP contribution in [0, 0.1) is 0 Å². The van der Waals surface area contributed by atoms with Crippen LogP contribution in [-0.4, -0.2) is 51.8 Å². The van der Waals surface area contributed by atoms with Crippen LogP contribution in [0.5, 0.6) is 17.2 Å².